The van der Waals surface area contributed by atoms with E-state index in [1.165, 1.54) is 0 Å². The topological polar surface area (TPSA) is 46.5 Å². The zero-order chi connectivity index (χ0) is 10.0. The molecule has 0 heterocycles. The zero-order valence-electron chi connectivity index (χ0n) is 7.42. The molecule has 0 aliphatic heterocycles. The van der Waals surface area contributed by atoms with Crippen molar-refractivity contribution in [3.8, 4) is 11.5 Å². The average molecular weight is 193 g/mol. The number of phenolic OH excluding ortho intramolecular Hbond substituents is 1. The predicted molar refractivity (Wildman–Crippen MR) is 49.4 cm³/mol. The van der Waals surface area contributed by atoms with E-state index in [0.29, 0.717) is 12.0 Å². The lowest BCUT2D eigenvalue weighted by atomic mass is 10.0. The Labute approximate surface area is 79.9 Å². The summed E-state index contributed by atoms with van der Waals surface area (Å²) < 4.78 is 4.80. The van der Waals surface area contributed by atoms with Crippen molar-refractivity contribution in [2.24, 2.45) is 0 Å². The summed E-state index contributed by atoms with van der Waals surface area (Å²) in [6.07, 6.45) is 0.594. The van der Waals surface area contributed by atoms with Crippen molar-refractivity contribution in [2.75, 3.05) is 0 Å². The molecule has 3 radical (unpaired) electrons. The Morgan fingerprint density at radius 2 is 2.15 bits per heavy atom. The minimum atomic E-state index is -0.131. The molecule has 67 valence electrons. The molecule has 1 rings (SSSR count). The molecule has 0 aliphatic carbocycles. The van der Waals surface area contributed by atoms with Gasteiger partial charge in [-0.25, -0.2) is 0 Å². The molecular formula is C9H9O3Si. The fourth-order valence-electron chi connectivity index (χ4n) is 1.11. The van der Waals surface area contributed by atoms with Crippen molar-refractivity contribution in [1.29, 1.82) is 0 Å². The Balaban J connectivity index is 3.47. The summed E-state index contributed by atoms with van der Waals surface area (Å²) in [5.74, 6) is 0.159. The molecular weight excluding hydrogens is 184 g/mol. The average Bonchev–Trinajstić information content (AvgIpc) is 2.12. The van der Waals surface area contributed by atoms with Gasteiger partial charge in [-0.3, -0.25) is 4.79 Å². The quantitative estimate of drug-likeness (QED) is 0.568. The lowest BCUT2D eigenvalue weighted by Crippen LogP contribution is -1.95. The van der Waals surface area contributed by atoms with E-state index in [-0.39, 0.29) is 11.3 Å². The number of aryl methyl sites for hydroxylation is 1. The maximum Gasteiger partial charge on any atom is 0.341 e. The minimum Gasteiger partial charge on any atom is -0.538 e. The van der Waals surface area contributed by atoms with Gasteiger partial charge in [0.15, 0.2) is 12.0 Å². The van der Waals surface area contributed by atoms with Crippen LogP contribution < -0.4 is 4.43 Å². The molecule has 0 unspecified atom stereocenters. The highest BCUT2D eigenvalue weighted by atomic mass is 28.2. The van der Waals surface area contributed by atoms with Crippen molar-refractivity contribution in [3.05, 3.63) is 22.8 Å². The zero-order valence-corrected chi connectivity index (χ0v) is 8.42. The number of benzene rings is 1. The molecule has 4 heteroatoms. The van der Waals surface area contributed by atoms with E-state index in [2.05, 4.69) is 10.5 Å². The third kappa shape index (κ3) is 1.57. The van der Waals surface area contributed by atoms with Crippen LogP contribution >= 0.6 is 0 Å². The van der Waals surface area contributed by atoms with Crippen LogP contribution in [0.1, 0.15) is 21.5 Å². The van der Waals surface area contributed by atoms with Crippen LogP contribution in [-0.4, -0.2) is 21.9 Å². The SMILES string of the molecule is Cc1cc(C=O)c(O)c(O[Si])c1C. The van der Waals surface area contributed by atoms with Crippen LogP contribution in [0.5, 0.6) is 11.5 Å². The number of hydrogen-bond donors (Lipinski definition) is 1. The van der Waals surface area contributed by atoms with Gasteiger partial charge in [0.1, 0.15) is 5.75 Å². The van der Waals surface area contributed by atoms with Crippen molar-refractivity contribution >= 4 is 16.8 Å². The number of aromatic hydroxyl groups is 1. The molecule has 3 nitrogen and oxygen atoms in total. The second-order valence-corrected chi connectivity index (χ2v) is 3.01. The van der Waals surface area contributed by atoms with Gasteiger partial charge in [-0.15, -0.1) is 0 Å². The van der Waals surface area contributed by atoms with Crippen LogP contribution in [0.15, 0.2) is 6.07 Å². The number of hydrogen-bond acceptors (Lipinski definition) is 3. The molecule has 0 amide bonds. The van der Waals surface area contributed by atoms with Gasteiger partial charge in [0, 0.05) is 0 Å². The number of carbonyl (C=O) groups excluding carboxylic acids is 1. The van der Waals surface area contributed by atoms with E-state index >= 15 is 0 Å². The molecule has 0 aliphatic rings. The van der Waals surface area contributed by atoms with Crippen LogP contribution in [0.2, 0.25) is 0 Å². The molecule has 0 fully saturated rings. The number of rotatable bonds is 2. The van der Waals surface area contributed by atoms with Crippen LogP contribution in [0.4, 0.5) is 0 Å². The van der Waals surface area contributed by atoms with Gasteiger partial charge in [-0.05, 0) is 31.0 Å². The first-order valence-corrected chi connectivity index (χ1v) is 4.14. The molecule has 0 bridgehead atoms. The first-order chi connectivity index (χ1) is 6.11. The summed E-state index contributed by atoms with van der Waals surface area (Å²) in [5.41, 5.74) is 1.93. The fourth-order valence-corrected chi connectivity index (χ4v) is 1.36. The maximum atomic E-state index is 10.5. The van der Waals surface area contributed by atoms with Gasteiger partial charge in [-0.1, -0.05) is 0 Å². The first kappa shape index (κ1) is 9.79. The van der Waals surface area contributed by atoms with Crippen molar-refractivity contribution in [1.82, 2.24) is 0 Å². The Kier molecular flexibility index (Phi) is 2.72. The fraction of sp³-hybridized carbons (Fsp3) is 0.222. The summed E-state index contributed by atoms with van der Waals surface area (Å²) >= 11 is 0. The lowest BCUT2D eigenvalue weighted by molar-refractivity contribution is 0.112. The molecule has 13 heavy (non-hydrogen) atoms. The predicted octanol–water partition coefficient (Wildman–Crippen LogP) is 1.28. The molecule has 0 aromatic heterocycles. The van der Waals surface area contributed by atoms with E-state index < -0.39 is 0 Å². The summed E-state index contributed by atoms with van der Waals surface area (Å²) in [6.45, 7) is 3.65. The van der Waals surface area contributed by atoms with Gasteiger partial charge < -0.3 is 9.53 Å². The second kappa shape index (κ2) is 3.61. The van der Waals surface area contributed by atoms with Gasteiger partial charge in [0.25, 0.3) is 0 Å². The lowest BCUT2D eigenvalue weighted by Gasteiger charge is -2.11. The summed E-state index contributed by atoms with van der Waals surface area (Å²) in [5, 5.41) is 9.51. The molecule has 1 aromatic rings. The summed E-state index contributed by atoms with van der Waals surface area (Å²) in [7, 11) is 2.83. The molecule has 0 atom stereocenters. The highest BCUT2D eigenvalue weighted by Gasteiger charge is 2.12. The van der Waals surface area contributed by atoms with E-state index in [9.17, 15) is 9.90 Å². The Morgan fingerprint density at radius 3 is 2.62 bits per heavy atom. The number of aldehydes is 1. The van der Waals surface area contributed by atoms with E-state index in [4.69, 9.17) is 4.43 Å². The van der Waals surface area contributed by atoms with Gasteiger partial charge in [0.2, 0.25) is 0 Å². The molecule has 1 aromatic carbocycles. The van der Waals surface area contributed by atoms with E-state index in [1.54, 1.807) is 13.0 Å². The van der Waals surface area contributed by atoms with Gasteiger partial charge in [-0.2, -0.15) is 0 Å². The third-order valence-electron chi connectivity index (χ3n) is 2.02. The molecule has 1 N–H and O–H groups in total. The van der Waals surface area contributed by atoms with Crippen molar-refractivity contribution in [2.45, 2.75) is 13.8 Å². The Morgan fingerprint density at radius 1 is 1.54 bits per heavy atom. The number of carbonyl (C=O) groups is 1. The Bertz CT molecular complexity index is 347. The van der Waals surface area contributed by atoms with Crippen molar-refractivity contribution in [3.63, 3.8) is 0 Å². The van der Waals surface area contributed by atoms with Gasteiger partial charge in [0.05, 0.1) is 5.56 Å². The standard InChI is InChI=1S/C9H9O3Si/c1-5-3-7(4-10)8(11)9(12-13)6(5)2/h3-4,11H,1-2H3. The minimum absolute atomic E-state index is 0.131. The van der Waals surface area contributed by atoms with E-state index in [0.717, 1.165) is 11.1 Å². The normalized spacial score (nSPS) is 9.77. The number of phenols is 1. The Hall–Kier alpha value is -1.29. The molecule has 0 saturated carbocycles. The second-order valence-electron chi connectivity index (χ2n) is 2.81. The van der Waals surface area contributed by atoms with Crippen LogP contribution in [0.3, 0.4) is 0 Å². The summed E-state index contributed by atoms with van der Waals surface area (Å²) in [6, 6.07) is 1.62. The highest BCUT2D eigenvalue weighted by molar-refractivity contribution is 6.00. The molecule has 0 spiro atoms. The largest absolute Gasteiger partial charge is 0.538 e. The first-order valence-electron chi connectivity index (χ1n) is 3.73. The van der Waals surface area contributed by atoms with Crippen LogP contribution in [0, 0.1) is 13.8 Å². The van der Waals surface area contributed by atoms with Crippen LogP contribution in [0.25, 0.3) is 0 Å². The molecule has 0 saturated heterocycles. The van der Waals surface area contributed by atoms with Crippen molar-refractivity contribution < 1.29 is 14.3 Å². The monoisotopic (exact) mass is 193 g/mol. The van der Waals surface area contributed by atoms with E-state index in [1.807, 2.05) is 6.92 Å². The summed E-state index contributed by atoms with van der Waals surface area (Å²) in [4.78, 5) is 10.5. The van der Waals surface area contributed by atoms with Gasteiger partial charge >= 0.3 is 10.5 Å². The van der Waals surface area contributed by atoms with Crippen LogP contribution in [-0.2, 0) is 0 Å². The highest BCUT2D eigenvalue weighted by Crippen LogP contribution is 2.34. The smallest absolute Gasteiger partial charge is 0.341 e. The third-order valence-corrected chi connectivity index (χ3v) is 2.23. The maximum absolute atomic E-state index is 10.5.